The van der Waals surface area contributed by atoms with Gasteiger partial charge in [-0.25, -0.2) is 0 Å². The number of nitrogens with zero attached hydrogens (tertiary/aromatic N) is 1. The summed E-state index contributed by atoms with van der Waals surface area (Å²) in [6.45, 7) is 6.41. The van der Waals surface area contributed by atoms with Crippen LogP contribution in [0.1, 0.15) is 63.8 Å². The molecule has 47 heavy (non-hydrogen) atoms. The number of rotatable bonds is 7. The number of hydrogen-bond donors (Lipinski definition) is 1. The molecular formula is C33H39NO13. The molecular weight excluding hydrogens is 618 g/mol. The van der Waals surface area contributed by atoms with E-state index < -0.39 is 78.0 Å². The standard InChI is InChI=1S/C33H39NO13/c1-14(35)42-24-12-20(19-11-22-21-7-8-23(40)32-33(21,9-10-34(22)6)26(19)28(24)47-32)27(44-16(3)37)30-31(46-18(5)39)29(45-17(4)38)25(13-41-30)43-15(2)36/h7-8,12,21-23,25,27,29-32,40H,9-11,13H2,1-6H3/t21-,22+,23-,25-,27?,29+,30+,31-,32-,33-/m0/s1. The van der Waals surface area contributed by atoms with Crippen molar-refractivity contribution in [2.75, 3.05) is 20.2 Å². The van der Waals surface area contributed by atoms with Crippen LogP contribution in [0, 0.1) is 5.92 Å². The summed E-state index contributed by atoms with van der Waals surface area (Å²) in [4.78, 5) is 64.1. The van der Waals surface area contributed by atoms with Crippen LogP contribution in [0.5, 0.6) is 11.5 Å². The minimum atomic E-state index is -1.39. The Balaban J connectivity index is 1.56. The van der Waals surface area contributed by atoms with E-state index in [1.807, 2.05) is 13.1 Å². The van der Waals surface area contributed by atoms with Crippen LogP contribution in [-0.4, -0.2) is 103 Å². The third-order valence-electron chi connectivity index (χ3n) is 9.84. The van der Waals surface area contributed by atoms with Crippen LogP contribution in [-0.2, 0) is 59.5 Å². The number of benzene rings is 1. The number of aliphatic hydroxyl groups excluding tert-OH is 1. The van der Waals surface area contributed by atoms with Crippen molar-refractivity contribution in [3.8, 4) is 11.5 Å². The Labute approximate surface area is 271 Å². The van der Waals surface area contributed by atoms with Crippen LogP contribution in [0.2, 0.25) is 0 Å². The zero-order valence-electron chi connectivity index (χ0n) is 27.1. The molecule has 3 aliphatic heterocycles. The molecule has 254 valence electrons. The smallest absolute Gasteiger partial charge is 0.308 e. The van der Waals surface area contributed by atoms with Gasteiger partial charge in [0.05, 0.1) is 6.61 Å². The zero-order chi connectivity index (χ0) is 33.9. The fraction of sp³-hybridized carbons (Fsp3) is 0.606. The number of piperidine rings is 1. The van der Waals surface area contributed by atoms with E-state index in [0.29, 0.717) is 24.2 Å². The van der Waals surface area contributed by atoms with Gasteiger partial charge in [-0.2, -0.15) is 0 Å². The van der Waals surface area contributed by atoms with E-state index in [1.165, 1.54) is 20.8 Å². The molecule has 5 aliphatic rings. The number of carbonyl (C=O) groups is 5. The molecule has 6 rings (SSSR count). The molecule has 1 aromatic rings. The average molecular weight is 658 g/mol. The Morgan fingerprint density at radius 1 is 0.936 bits per heavy atom. The Morgan fingerprint density at radius 2 is 1.62 bits per heavy atom. The number of aliphatic hydroxyl groups is 1. The van der Waals surface area contributed by atoms with Crippen LogP contribution in [0.25, 0.3) is 0 Å². The number of hydrogen-bond acceptors (Lipinski definition) is 14. The van der Waals surface area contributed by atoms with Crippen LogP contribution >= 0.6 is 0 Å². The minimum Gasteiger partial charge on any atom is -0.482 e. The molecule has 2 fully saturated rings. The van der Waals surface area contributed by atoms with Gasteiger partial charge in [0.2, 0.25) is 0 Å². The second-order valence-corrected chi connectivity index (χ2v) is 12.8. The maximum atomic E-state index is 12.8. The maximum absolute atomic E-state index is 12.8. The van der Waals surface area contributed by atoms with E-state index in [0.717, 1.165) is 31.5 Å². The van der Waals surface area contributed by atoms with E-state index in [1.54, 1.807) is 12.1 Å². The highest BCUT2D eigenvalue weighted by Crippen LogP contribution is 2.64. The predicted molar refractivity (Wildman–Crippen MR) is 158 cm³/mol. The molecule has 1 N–H and O–H groups in total. The lowest BCUT2D eigenvalue weighted by atomic mass is 9.53. The van der Waals surface area contributed by atoms with Crippen molar-refractivity contribution in [2.45, 2.75) is 102 Å². The lowest BCUT2D eigenvalue weighted by Gasteiger charge is -2.56. The van der Waals surface area contributed by atoms with Crippen molar-refractivity contribution in [1.82, 2.24) is 4.90 Å². The summed E-state index contributed by atoms with van der Waals surface area (Å²) in [6.07, 6.45) is -3.08. The fourth-order valence-electron chi connectivity index (χ4n) is 8.34. The number of likely N-dealkylation sites (N-methyl/N-ethyl adjacent to an activating group) is 1. The Morgan fingerprint density at radius 3 is 2.26 bits per heavy atom. The van der Waals surface area contributed by atoms with Gasteiger partial charge >= 0.3 is 29.8 Å². The molecule has 2 saturated heterocycles. The van der Waals surface area contributed by atoms with E-state index in [-0.39, 0.29) is 24.3 Å². The molecule has 0 saturated carbocycles. The van der Waals surface area contributed by atoms with E-state index in [9.17, 15) is 29.1 Å². The van der Waals surface area contributed by atoms with Gasteiger partial charge in [-0.05, 0) is 38.1 Å². The van der Waals surface area contributed by atoms with Crippen LogP contribution in [0.4, 0.5) is 0 Å². The Bertz CT molecular complexity index is 1540. The van der Waals surface area contributed by atoms with Crippen molar-refractivity contribution in [3.05, 3.63) is 34.9 Å². The van der Waals surface area contributed by atoms with Gasteiger partial charge in [-0.1, -0.05) is 12.2 Å². The van der Waals surface area contributed by atoms with Crippen molar-refractivity contribution < 1.29 is 62.2 Å². The van der Waals surface area contributed by atoms with Crippen molar-refractivity contribution in [2.24, 2.45) is 5.92 Å². The molecule has 1 spiro atoms. The molecule has 14 nitrogen and oxygen atoms in total. The van der Waals surface area contributed by atoms with Gasteiger partial charge in [-0.15, -0.1) is 0 Å². The molecule has 2 bridgehead atoms. The molecule has 0 amide bonds. The topological polar surface area (TPSA) is 173 Å². The highest BCUT2D eigenvalue weighted by Gasteiger charge is 2.65. The fourth-order valence-corrected chi connectivity index (χ4v) is 8.34. The molecule has 0 aromatic heterocycles. The second-order valence-electron chi connectivity index (χ2n) is 12.8. The lowest BCUT2D eigenvalue weighted by Crippen LogP contribution is -2.65. The quantitative estimate of drug-likeness (QED) is 0.192. The lowest BCUT2D eigenvalue weighted by molar-refractivity contribution is -0.242. The first kappa shape index (κ1) is 32.9. The Hall–Kier alpha value is -4.01. The zero-order valence-corrected chi connectivity index (χ0v) is 27.1. The molecule has 10 atom stereocenters. The average Bonchev–Trinajstić information content (AvgIpc) is 3.32. The molecule has 0 radical (unpaired) electrons. The molecule has 1 aromatic carbocycles. The van der Waals surface area contributed by atoms with Gasteiger partial charge < -0.3 is 43.2 Å². The van der Waals surface area contributed by atoms with Crippen LogP contribution in [0.3, 0.4) is 0 Å². The second kappa shape index (κ2) is 12.2. The van der Waals surface area contributed by atoms with Gasteiger partial charge in [0, 0.05) is 63.1 Å². The SMILES string of the molecule is CC(=O)Oc1cc(C(OC(C)=O)[C@H]2OC[C@H](OC(C)=O)[C@@H](OC(C)=O)[C@@H]2OC(C)=O)c2c3c1O[C@H]1[C@@H](O)C=C[C@H]4[C@@H](C2)N(C)CC[C@@]341. The number of ether oxygens (including phenoxy) is 7. The number of esters is 5. The van der Waals surface area contributed by atoms with Gasteiger partial charge in [-0.3, -0.25) is 24.0 Å². The van der Waals surface area contributed by atoms with E-state index >= 15 is 0 Å². The summed E-state index contributed by atoms with van der Waals surface area (Å²) < 4.78 is 41.0. The van der Waals surface area contributed by atoms with Gasteiger partial charge in [0.15, 0.2) is 35.9 Å². The van der Waals surface area contributed by atoms with Crippen molar-refractivity contribution in [1.29, 1.82) is 0 Å². The van der Waals surface area contributed by atoms with Crippen molar-refractivity contribution in [3.63, 3.8) is 0 Å². The molecule has 14 heteroatoms. The number of carbonyl (C=O) groups excluding carboxylic acids is 5. The van der Waals surface area contributed by atoms with Gasteiger partial charge in [0.1, 0.15) is 18.3 Å². The van der Waals surface area contributed by atoms with Crippen LogP contribution in [0.15, 0.2) is 18.2 Å². The monoisotopic (exact) mass is 657 g/mol. The maximum Gasteiger partial charge on any atom is 0.308 e. The third kappa shape index (κ3) is 5.55. The molecule has 3 heterocycles. The predicted octanol–water partition coefficient (Wildman–Crippen LogP) is 1.22. The minimum absolute atomic E-state index is 0.0213. The highest BCUT2D eigenvalue weighted by molar-refractivity contribution is 5.74. The summed E-state index contributed by atoms with van der Waals surface area (Å²) in [5.41, 5.74) is 1.26. The highest BCUT2D eigenvalue weighted by atomic mass is 16.7. The van der Waals surface area contributed by atoms with Crippen molar-refractivity contribution >= 4 is 29.8 Å². The summed E-state index contributed by atoms with van der Waals surface area (Å²) in [6, 6.07) is 1.53. The largest absolute Gasteiger partial charge is 0.482 e. The summed E-state index contributed by atoms with van der Waals surface area (Å²) in [5, 5.41) is 11.2. The molecule has 1 unspecified atom stereocenters. The third-order valence-corrected chi connectivity index (χ3v) is 9.84. The first-order valence-corrected chi connectivity index (χ1v) is 15.6. The summed E-state index contributed by atoms with van der Waals surface area (Å²) in [5.74, 6) is -3.09. The summed E-state index contributed by atoms with van der Waals surface area (Å²) >= 11 is 0. The van der Waals surface area contributed by atoms with Gasteiger partial charge in [0.25, 0.3) is 0 Å². The molecule has 2 aliphatic carbocycles. The first-order valence-electron chi connectivity index (χ1n) is 15.6. The normalized spacial score (nSPS) is 33.9. The van der Waals surface area contributed by atoms with E-state index in [4.69, 9.17) is 33.2 Å². The Kier molecular flexibility index (Phi) is 8.56. The van der Waals surface area contributed by atoms with Crippen LogP contribution < -0.4 is 9.47 Å². The van der Waals surface area contributed by atoms with E-state index in [2.05, 4.69) is 4.90 Å². The summed E-state index contributed by atoms with van der Waals surface area (Å²) in [7, 11) is 2.03. The number of likely N-dealkylation sites (tertiary alicyclic amines) is 1. The first-order chi connectivity index (χ1) is 22.2.